The van der Waals surface area contributed by atoms with Gasteiger partial charge in [-0.3, -0.25) is 0 Å². The third-order valence-electron chi connectivity index (χ3n) is 4.04. The van der Waals surface area contributed by atoms with Crippen LogP contribution in [0.2, 0.25) is 0 Å². The van der Waals surface area contributed by atoms with Crippen LogP contribution in [-0.2, 0) is 5.41 Å². The SMILES string of the molecule is N#Cc1ccc2sc(C34CC(N)(C3)C4)nc2c1. The summed E-state index contributed by atoms with van der Waals surface area (Å²) in [5.74, 6) is 0. The normalized spacial score (nSPS) is 33.9. The zero-order valence-electron chi connectivity index (χ0n) is 9.23. The summed E-state index contributed by atoms with van der Waals surface area (Å²) >= 11 is 1.76. The Labute approximate surface area is 103 Å². The van der Waals surface area contributed by atoms with Gasteiger partial charge in [0.1, 0.15) is 5.01 Å². The molecule has 2 aromatic rings. The molecule has 17 heavy (non-hydrogen) atoms. The fourth-order valence-electron chi connectivity index (χ4n) is 3.32. The van der Waals surface area contributed by atoms with Gasteiger partial charge in [-0.15, -0.1) is 11.3 Å². The van der Waals surface area contributed by atoms with Gasteiger partial charge >= 0.3 is 0 Å². The molecule has 3 saturated carbocycles. The van der Waals surface area contributed by atoms with Crippen molar-refractivity contribution < 1.29 is 0 Å². The average molecular weight is 241 g/mol. The fourth-order valence-corrected chi connectivity index (χ4v) is 4.45. The predicted octanol–water partition coefficient (Wildman–Crippen LogP) is 2.30. The van der Waals surface area contributed by atoms with Gasteiger partial charge in [0.15, 0.2) is 0 Å². The Morgan fingerprint density at radius 3 is 2.76 bits per heavy atom. The summed E-state index contributed by atoms with van der Waals surface area (Å²) < 4.78 is 1.18. The summed E-state index contributed by atoms with van der Waals surface area (Å²) in [4.78, 5) is 4.70. The van der Waals surface area contributed by atoms with Crippen molar-refractivity contribution in [3.63, 3.8) is 0 Å². The minimum atomic E-state index is 0.121. The first-order chi connectivity index (χ1) is 8.12. The van der Waals surface area contributed by atoms with E-state index >= 15 is 0 Å². The van der Waals surface area contributed by atoms with Gasteiger partial charge in [-0.25, -0.2) is 4.98 Å². The number of thiazole rings is 1. The zero-order chi connectivity index (χ0) is 11.7. The molecular weight excluding hydrogens is 230 g/mol. The minimum absolute atomic E-state index is 0.121. The summed E-state index contributed by atoms with van der Waals surface area (Å²) in [5, 5.41) is 10.1. The highest BCUT2D eigenvalue weighted by Crippen LogP contribution is 2.67. The van der Waals surface area contributed by atoms with Crippen molar-refractivity contribution in [2.24, 2.45) is 5.73 Å². The van der Waals surface area contributed by atoms with Crippen LogP contribution in [0.15, 0.2) is 18.2 Å². The summed E-state index contributed by atoms with van der Waals surface area (Å²) in [6.07, 6.45) is 3.26. The number of hydrogen-bond donors (Lipinski definition) is 1. The summed E-state index contributed by atoms with van der Waals surface area (Å²) in [6, 6.07) is 7.89. The van der Waals surface area contributed by atoms with E-state index in [-0.39, 0.29) is 11.0 Å². The molecule has 3 aliphatic rings. The number of aromatic nitrogens is 1. The van der Waals surface area contributed by atoms with Crippen molar-refractivity contribution in [3.05, 3.63) is 28.8 Å². The number of nitrogens with zero attached hydrogens (tertiary/aromatic N) is 2. The van der Waals surface area contributed by atoms with Crippen molar-refractivity contribution >= 4 is 21.6 Å². The lowest BCUT2D eigenvalue weighted by molar-refractivity contribution is -0.0589. The van der Waals surface area contributed by atoms with Gasteiger partial charge in [0, 0.05) is 11.0 Å². The molecule has 4 heteroatoms. The van der Waals surface area contributed by atoms with Crippen LogP contribution in [0, 0.1) is 11.3 Å². The van der Waals surface area contributed by atoms with E-state index in [1.54, 1.807) is 11.3 Å². The maximum absolute atomic E-state index is 8.87. The molecule has 0 saturated heterocycles. The molecule has 3 nitrogen and oxygen atoms in total. The van der Waals surface area contributed by atoms with Gasteiger partial charge in [-0.2, -0.15) is 5.26 Å². The smallest absolute Gasteiger partial charge is 0.100 e. The van der Waals surface area contributed by atoms with Crippen LogP contribution in [0.4, 0.5) is 0 Å². The second-order valence-corrected chi connectivity index (χ2v) is 6.52. The molecule has 1 heterocycles. The van der Waals surface area contributed by atoms with Crippen LogP contribution in [-0.4, -0.2) is 10.5 Å². The molecule has 0 atom stereocenters. The number of fused-ring (bicyclic) bond motifs is 1. The van der Waals surface area contributed by atoms with E-state index in [1.165, 1.54) is 9.71 Å². The van der Waals surface area contributed by atoms with Crippen molar-refractivity contribution in [2.45, 2.75) is 30.2 Å². The molecule has 0 radical (unpaired) electrons. The van der Waals surface area contributed by atoms with Crippen molar-refractivity contribution in [2.75, 3.05) is 0 Å². The second-order valence-electron chi connectivity index (χ2n) is 5.49. The van der Waals surface area contributed by atoms with Crippen LogP contribution in [0.5, 0.6) is 0 Å². The molecule has 84 valence electrons. The third kappa shape index (κ3) is 1.11. The Hall–Kier alpha value is -1.44. The van der Waals surface area contributed by atoms with Crippen molar-refractivity contribution in [1.29, 1.82) is 5.26 Å². The highest BCUT2D eigenvalue weighted by atomic mass is 32.1. The van der Waals surface area contributed by atoms with Crippen LogP contribution in [0.25, 0.3) is 10.2 Å². The Morgan fingerprint density at radius 2 is 2.12 bits per heavy atom. The van der Waals surface area contributed by atoms with E-state index in [4.69, 9.17) is 16.0 Å². The first kappa shape index (κ1) is 9.58. The summed E-state index contributed by atoms with van der Waals surface area (Å²) in [6.45, 7) is 0. The van der Waals surface area contributed by atoms with E-state index in [2.05, 4.69) is 6.07 Å². The molecule has 1 aromatic carbocycles. The van der Waals surface area contributed by atoms with Crippen molar-refractivity contribution in [1.82, 2.24) is 4.98 Å². The largest absolute Gasteiger partial charge is 0.325 e. The highest BCUT2D eigenvalue weighted by Gasteiger charge is 2.67. The monoisotopic (exact) mass is 241 g/mol. The molecule has 0 unspecified atom stereocenters. The predicted molar refractivity (Wildman–Crippen MR) is 66.8 cm³/mol. The van der Waals surface area contributed by atoms with Gasteiger partial charge in [-0.05, 0) is 37.5 Å². The first-order valence-electron chi connectivity index (χ1n) is 5.73. The molecule has 1 aromatic heterocycles. The van der Waals surface area contributed by atoms with Crippen LogP contribution < -0.4 is 5.73 Å². The first-order valence-corrected chi connectivity index (χ1v) is 6.54. The van der Waals surface area contributed by atoms with Gasteiger partial charge in [0.25, 0.3) is 0 Å². The maximum Gasteiger partial charge on any atom is 0.100 e. The van der Waals surface area contributed by atoms with Crippen LogP contribution in [0.1, 0.15) is 29.8 Å². The average Bonchev–Trinajstić information content (AvgIpc) is 2.65. The number of nitrogens with two attached hydrogens (primary N) is 1. The molecule has 0 amide bonds. The molecule has 2 bridgehead atoms. The maximum atomic E-state index is 8.87. The molecule has 0 aliphatic heterocycles. The minimum Gasteiger partial charge on any atom is -0.325 e. The van der Waals surface area contributed by atoms with E-state index in [1.807, 2.05) is 18.2 Å². The molecule has 3 fully saturated rings. The molecule has 5 rings (SSSR count). The number of hydrogen-bond acceptors (Lipinski definition) is 4. The van der Waals surface area contributed by atoms with Gasteiger partial charge in [0.05, 0.1) is 21.8 Å². The lowest BCUT2D eigenvalue weighted by atomic mass is 9.40. The van der Waals surface area contributed by atoms with Gasteiger partial charge in [0.2, 0.25) is 0 Å². The van der Waals surface area contributed by atoms with E-state index in [0.29, 0.717) is 5.56 Å². The quantitative estimate of drug-likeness (QED) is 0.833. The standard InChI is InChI=1S/C13H11N3S/c14-4-8-1-2-10-9(3-8)16-11(17-10)12-5-13(15,6-12)7-12/h1-3H,5-7,15H2. The Balaban J connectivity index is 1.81. The topological polar surface area (TPSA) is 62.7 Å². The lowest BCUT2D eigenvalue weighted by Gasteiger charge is -2.68. The van der Waals surface area contributed by atoms with E-state index < -0.39 is 0 Å². The van der Waals surface area contributed by atoms with Crippen LogP contribution in [0.3, 0.4) is 0 Å². The molecular formula is C13H11N3S. The van der Waals surface area contributed by atoms with Gasteiger partial charge in [-0.1, -0.05) is 0 Å². The van der Waals surface area contributed by atoms with Crippen LogP contribution >= 0.6 is 11.3 Å². The number of rotatable bonds is 1. The number of benzene rings is 1. The number of nitriles is 1. The third-order valence-corrected chi connectivity index (χ3v) is 5.32. The Morgan fingerprint density at radius 1 is 1.35 bits per heavy atom. The molecule has 3 aliphatic carbocycles. The fraction of sp³-hybridized carbons (Fsp3) is 0.385. The second kappa shape index (κ2) is 2.69. The van der Waals surface area contributed by atoms with Gasteiger partial charge < -0.3 is 5.73 Å². The van der Waals surface area contributed by atoms with E-state index in [0.717, 1.165) is 24.8 Å². The Kier molecular flexibility index (Phi) is 1.51. The summed E-state index contributed by atoms with van der Waals surface area (Å²) in [5.41, 5.74) is 8.13. The molecule has 2 N–H and O–H groups in total. The Bertz CT molecular complexity index is 660. The summed E-state index contributed by atoms with van der Waals surface area (Å²) in [7, 11) is 0. The lowest BCUT2D eigenvalue weighted by Crippen LogP contribution is -2.74. The van der Waals surface area contributed by atoms with E-state index in [9.17, 15) is 0 Å². The molecule has 0 spiro atoms. The highest BCUT2D eigenvalue weighted by molar-refractivity contribution is 7.18. The van der Waals surface area contributed by atoms with Crippen molar-refractivity contribution in [3.8, 4) is 6.07 Å². The zero-order valence-corrected chi connectivity index (χ0v) is 10.0.